The van der Waals surface area contributed by atoms with Gasteiger partial charge in [-0.2, -0.15) is 0 Å². The lowest BCUT2D eigenvalue weighted by molar-refractivity contribution is -0.148. The van der Waals surface area contributed by atoms with Crippen LogP contribution in [0.1, 0.15) is 24.3 Å². The van der Waals surface area contributed by atoms with Crippen LogP contribution in [0.5, 0.6) is 5.88 Å². The number of ether oxygens (including phenoxy) is 1. The lowest BCUT2D eigenvalue weighted by atomic mass is 10.1. The molecule has 0 atom stereocenters. The largest absolute Gasteiger partial charge is 0.493 e. The molecule has 1 aromatic carbocycles. The van der Waals surface area contributed by atoms with Crippen LogP contribution in [0.15, 0.2) is 34.1 Å². The van der Waals surface area contributed by atoms with Crippen molar-refractivity contribution in [2.45, 2.75) is 26.5 Å². The summed E-state index contributed by atoms with van der Waals surface area (Å²) in [6.45, 7) is 3.13. The molecule has 24 heavy (non-hydrogen) atoms. The van der Waals surface area contributed by atoms with Crippen molar-refractivity contribution in [3.8, 4) is 5.88 Å². The van der Waals surface area contributed by atoms with Gasteiger partial charge in [0.05, 0.1) is 16.7 Å². The number of fused-ring (bicyclic) bond motifs is 1. The lowest BCUT2D eigenvalue weighted by Crippen LogP contribution is -2.22. The third-order valence-electron chi connectivity index (χ3n) is 3.39. The van der Waals surface area contributed by atoms with Crippen LogP contribution in [0.3, 0.4) is 0 Å². The second-order valence-corrected chi connectivity index (χ2v) is 6.55. The quantitative estimate of drug-likeness (QED) is 0.865. The highest BCUT2D eigenvalue weighted by Gasteiger charge is 2.18. The number of nitrogens with zero attached hydrogens (tertiary/aromatic N) is 2. The first kappa shape index (κ1) is 16.2. The molecule has 1 aliphatic rings. The topological polar surface area (TPSA) is 80.9 Å². The second-order valence-electron chi connectivity index (χ2n) is 5.56. The van der Waals surface area contributed by atoms with Gasteiger partial charge in [-0.15, -0.1) is 0 Å². The summed E-state index contributed by atoms with van der Waals surface area (Å²) in [6.07, 6.45) is 3.11. The number of aliphatic imine (C=N–C) groups is 1. The Bertz CT molecular complexity index is 906. The maximum Gasteiger partial charge on any atom is 0.326 e. The first-order valence-electron chi connectivity index (χ1n) is 7.43. The van der Waals surface area contributed by atoms with E-state index in [0.29, 0.717) is 4.88 Å². The number of carbonyl (C=O) groups excluding carboxylic acids is 1. The van der Waals surface area contributed by atoms with Crippen LogP contribution in [0, 0.1) is 0 Å². The standard InChI is InChI=1S/C17H16N2O4S/c1-10(2)23-15(20)9-19-16(21)14(24-17(19)22)7-11-8-18-13-6-4-3-5-12(11)13/h3-8,10,21H,9H2,1-2H3. The Balaban J connectivity index is 1.91. The predicted octanol–water partition coefficient (Wildman–Crippen LogP) is 2.82. The van der Waals surface area contributed by atoms with Gasteiger partial charge in [-0.25, -0.2) is 0 Å². The fourth-order valence-electron chi connectivity index (χ4n) is 2.37. The van der Waals surface area contributed by atoms with Crippen molar-refractivity contribution in [1.82, 2.24) is 4.57 Å². The summed E-state index contributed by atoms with van der Waals surface area (Å²) >= 11 is 0.875. The van der Waals surface area contributed by atoms with Crippen LogP contribution >= 0.6 is 11.3 Å². The van der Waals surface area contributed by atoms with E-state index in [9.17, 15) is 14.7 Å². The van der Waals surface area contributed by atoms with E-state index in [1.54, 1.807) is 26.1 Å². The first-order valence-corrected chi connectivity index (χ1v) is 8.24. The number of thiazole rings is 1. The van der Waals surface area contributed by atoms with E-state index >= 15 is 0 Å². The molecular weight excluding hydrogens is 328 g/mol. The Labute approximate surface area is 142 Å². The summed E-state index contributed by atoms with van der Waals surface area (Å²) in [6, 6.07) is 7.61. The van der Waals surface area contributed by atoms with Gasteiger partial charge in [0, 0.05) is 17.4 Å². The van der Waals surface area contributed by atoms with E-state index in [4.69, 9.17) is 4.74 Å². The van der Waals surface area contributed by atoms with Crippen LogP contribution in [-0.4, -0.2) is 28.0 Å². The Morgan fingerprint density at radius 2 is 2.17 bits per heavy atom. The van der Waals surface area contributed by atoms with E-state index in [2.05, 4.69) is 4.99 Å². The number of hydrogen-bond donors (Lipinski definition) is 1. The van der Waals surface area contributed by atoms with Gasteiger partial charge >= 0.3 is 10.8 Å². The lowest BCUT2D eigenvalue weighted by Gasteiger charge is -2.08. The molecule has 0 saturated carbocycles. The molecular formula is C17H16N2O4S. The zero-order valence-electron chi connectivity index (χ0n) is 13.2. The van der Waals surface area contributed by atoms with E-state index < -0.39 is 10.8 Å². The molecule has 124 valence electrons. The van der Waals surface area contributed by atoms with Crippen molar-refractivity contribution in [2.24, 2.45) is 4.99 Å². The van der Waals surface area contributed by atoms with Gasteiger partial charge in [0.1, 0.15) is 6.54 Å². The molecule has 0 amide bonds. The van der Waals surface area contributed by atoms with Crippen LogP contribution < -0.4 is 4.87 Å². The molecule has 6 nitrogen and oxygen atoms in total. The number of para-hydroxylation sites is 1. The number of carbonyl (C=O) groups is 1. The third kappa shape index (κ3) is 3.16. The highest BCUT2D eigenvalue weighted by molar-refractivity contribution is 7.10. The van der Waals surface area contributed by atoms with Crippen molar-refractivity contribution in [3.05, 3.63) is 44.4 Å². The average Bonchev–Trinajstić information content (AvgIpc) is 3.04. The molecule has 0 spiro atoms. The van der Waals surface area contributed by atoms with Crippen molar-refractivity contribution >= 4 is 40.9 Å². The number of benzene rings is 1. The molecule has 0 unspecified atom stereocenters. The number of esters is 1. The molecule has 0 bridgehead atoms. The molecule has 1 aliphatic heterocycles. The fourth-order valence-corrected chi connectivity index (χ4v) is 3.21. The molecule has 0 aliphatic carbocycles. The van der Waals surface area contributed by atoms with Gasteiger partial charge in [0.15, 0.2) is 0 Å². The van der Waals surface area contributed by atoms with Crippen LogP contribution in [0.4, 0.5) is 5.69 Å². The monoisotopic (exact) mass is 344 g/mol. The summed E-state index contributed by atoms with van der Waals surface area (Å²) < 4.78 is 6.03. The van der Waals surface area contributed by atoms with Crippen molar-refractivity contribution < 1.29 is 14.6 Å². The third-order valence-corrected chi connectivity index (χ3v) is 4.31. The van der Waals surface area contributed by atoms with Gasteiger partial charge in [0.2, 0.25) is 5.88 Å². The van der Waals surface area contributed by atoms with E-state index in [1.165, 1.54) is 0 Å². The van der Waals surface area contributed by atoms with Gasteiger partial charge in [-0.3, -0.25) is 19.1 Å². The minimum absolute atomic E-state index is 0.240. The minimum atomic E-state index is -0.563. The normalized spacial score (nSPS) is 14.4. The predicted molar refractivity (Wildman–Crippen MR) is 93.9 cm³/mol. The maximum atomic E-state index is 12.1. The number of hydrogen-bond acceptors (Lipinski definition) is 6. The number of rotatable bonds is 4. The second kappa shape index (κ2) is 6.45. The minimum Gasteiger partial charge on any atom is -0.493 e. The van der Waals surface area contributed by atoms with E-state index in [-0.39, 0.29) is 18.5 Å². The Kier molecular flexibility index (Phi) is 4.35. The number of aromatic hydroxyl groups is 1. The molecule has 3 rings (SSSR count). The zero-order chi connectivity index (χ0) is 17.3. The first-order chi connectivity index (χ1) is 11.5. The van der Waals surface area contributed by atoms with Crippen LogP contribution in [0.25, 0.3) is 11.6 Å². The maximum absolute atomic E-state index is 12.1. The molecule has 7 heteroatoms. The van der Waals surface area contributed by atoms with Crippen molar-refractivity contribution in [1.29, 1.82) is 0 Å². The fraction of sp³-hybridized carbons (Fsp3) is 0.235. The summed E-state index contributed by atoms with van der Waals surface area (Å²) in [7, 11) is 0. The molecule has 0 saturated heterocycles. The Hall–Kier alpha value is -2.67. The van der Waals surface area contributed by atoms with Gasteiger partial charge < -0.3 is 9.84 Å². The summed E-state index contributed by atoms with van der Waals surface area (Å²) in [5.74, 6) is -0.803. The smallest absolute Gasteiger partial charge is 0.326 e. The van der Waals surface area contributed by atoms with E-state index in [0.717, 1.165) is 32.7 Å². The van der Waals surface area contributed by atoms with Gasteiger partial charge in [-0.1, -0.05) is 29.5 Å². The average molecular weight is 344 g/mol. The summed E-state index contributed by atoms with van der Waals surface area (Å²) in [5, 5.41) is 10.3. The number of allylic oxidation sites excluding steroid dienone is 1. The SMILES string of the molecule is CC(C)OC(=O)Cn1c(O)c(C=C2C=Nc3ccccc32)sc1=O. The Morgan fingerprint density at radius 1 is 1.42 bits per heavy atom. The van der Waals surface area contributed by atoms with Crippen LogP contribution in [-0.2, 0) is 16.1 Å². The van der Waals surface area contributed by atoms with Crippen molar-refractivity contribution in [2.75, 3.05) is 0 Å². The summed E-state index contributed by atoms with van der Waals surface area (Å²) in [5.41, 5.74) is 2.58. The van der Waals surface area contributed by atoms with E-state index in [1.807, 2.05) is 24.3 Å². The molecule has 2 aromatic rings. The van der Waals surface area contributed by atoms with Crippen LogP contribution in [0.2, 0.25) is 0 Å². The molecule has 1 aromatic heterocycles. The summed E-state index contributed by atoms with van der Waals surface area (Å²) in [4.78, 5) is 28.0. The molecule has 0 radical (unpaired) electrons. The molecule has 1 N–H and O–H groups in total. The molecule has 2 heterocycles. The highest BCUT2D eigenvalue weighted by Crippen LogP contribution is 2.34. The Morgan fingerprint density at radius 3 is 2.92 bits per heavy atom. The zero-order valence-corrected chi connectivity index (χ0v) is 14.0. The highest BCUT2D eigenvalue weighted by atomic mass is 32.1. The number of aromatic nitrogens is 1. The van der Waals surface area contributed by atoms with Crippen molar-refractivity contribution in [3.63, 3.8) is 0 Å². The van der Waals surface area contributed by atoms with Gasteiger partial charge in [0.25, 0.3) is 0 Å². The molecule has 0 fully saturated rings. The van der Waals surface area contributed by atoms with Gasteiger partial charge in [-0.05, 0) is 26.0 Å².